The molecule has 1 atom stereocenters. The fraction of sp³-hybridized carbons (Fsp3) is 0.286. The number of nitrogens with zero attached hydrogens (tertiary/aromatic N) is 2. The van der Waals surface area contributed by atoms with E-state index in [9.17, 15) is 9.59 Å². The summed E-state index contributed by atoms with van der Waals surface area (Å²) in [5.74, 6) is 0.187. The quantitative estimate of drug-likeness (QED) is 0.593. The third kappa shape index (κ3) is 5.10. The van der Waals surface area contributed by atoms with Crippen LogP contribution in [-0.2, 0) is 9.53 Å². The number of carbonyl (C=O) groups is 2. The normalized spacial score (nSPS) is 16.4. The Labute approximate surface area is 169 Å². The predicted molar refractivity (Wildman–Crippen MR) is 109 cm³/mol. The van der Waals surface area contributed by atoms with Gasteiger partial charge in [-0.25, -0.2) is 9.78 Å². The molecule has 1 aliphatic heterocycles. The Morgan fingerprint density at radius 2 is 2.14 bits per heavy atom. The number of ether oxygens (including phenoxy) is 1. The van der Waals surface area contributed by atoms with Crippen molar-refractivity contribution in [2.24, 2.45) is 0 Å². The van der Waals surface area contributed by atoms with Gasteiger partial charge in [0.2, 0.25) is 0 Å². The van der Waals surface area contributed by atoms with Gasteiger partial charge in [-0.05, 0) is 43.2 Å². The van der Waals surface area contributed by atoms with Crippen LogP contribution in [0.25, 0.3) is 6.08 Å². The molecule has 0 unspecified atom stereocenters. The van der Waals surface area contributed by atoms with Crippen LogP contribution in [0.3, 0.4) is 0 Å². The van der Waals surface area contributed by atoms with Crippen molar-refractivity contribution in [3.63, 3.8) is 0 Å². The summed E-state index contributed by atoms with van der Waals surface area (Å²) in [4.78, 5) is 30.1. The summed E-state index contributed by atoms with van der Waals surface area (Å²) in [6, 6.07) is 11.1. The minimum absolute atomic E-state index is 0.0309. The van der Waals surface area contributed by atoms with Crippen LogP contribution in [0.5, 0.6) is 0 Å². The zero-order valence-electron chi connectivity index (χ0n) is 15.6. The van der Waals surface area contributed by atoms with Crippen molar-refractivity contribution in [1.82, 2.24) is 9.88 Å². The topological polar surface area (TPSA) is 71.5 Å². The lowest BCUT2D eigenvalue weighted by atomic mass is 10.2. The van der Waals surface area contributed by atoms with E-state index >= 15 is 0 Å². The Balaban J connectivity index is 1.59. The Bertz CT molecular complexity index is 870. The van der Waals surface area contributed by atoms with Gasteiger partial charge in [0.25, 0.3) is 5.91 Å². The van der Waals surface area contributed by atoms with E-state index in [0.29, 0.717) is 41.7 Å². The number of esters is 1. The molecule has 1 amide bonds. The minimum Gasteiger partial charge on any atom is -0.463 e. The summed E-state index contributed by atoms with van der Waals surface area (Å²) in [7, 11) is 0. The van der Waals surface area contributed by atoms with Gasteiger partial charge >= 0.3 is 5.97 Å². The number of aromatic nitrogens is 1. The molecule has 146 valence electrons. The molecule has 2 aromatic rings. The number of likely N-dealkylation sites (tertiary alicyclic amines) is 1. The third-order valence-electron chi connectivity index (χ3n) is 4.40. The standard InChI is InChI=1S/C21H22ClN3O3/c1-2-28-19(26)9-8-15-12-18(22)20(23-13-15)24-17-10-11-25(14-17)21(27)16-6-4-3-5-7-16/h3-9,12-13,17H,2,10-11,14H2,1H3,(H,23,24)/b9-8+/t17-/m1/s1. The first-order valence-corrected chi connectivity index (χ1v) is 9.56. The first-order valence-electron chi connectivity index (χ1n) is 9.18. The average Bonchev–Trinajstić information content (AvgIpc) is 3.17. The first kappa shape index (κ1) is 19.9. The maximum Gasteiger partial charge on any atom is 0.330 e. The number of pyridine rings is 1. The van der Waals surface area contributed by atoms with Gasteiger partial charge in [0.15, 0.2) is 0 Å². The van der Waals surface area contributed by atoms with Gasteiger partial charge in [0.05, 0.1) is 11.6 Å². The second kappa shape index (κ2) is 9.37. The van der Waals surface area contributed by atoms with Gasteiger partial charge in [-0.3, -0.25) is 4.79 Å². The van der Waals surface area contributed by atoms with Crippen LogP contribution in [0.15, 0.2) is 48.7 Å². The van der Waals surface area contributed by atoms with Gasteiger partial charge in [0, 0.05) is 37.0 Å². The zero-order valence-corrected chi connectivity index (χ0v) is 16.4. The lowest BCUT2D eigenvalue weighted by Gasteiger charge is -2.18. The van der Waals surface area contributed by atoms with Crippen molar-refractivity contribution in [3.8, 4) is 0 Å². The predicted octanol–water partition coefficient (Wildman–Crippen LogP) is 3.64. The van der Waals surface area contributed by atoms with Gasteiger partial charge < -0.3 is 15.0 Å². The molecule has 0 saturated carbocycles. The van der Waals surface area contributed by atoms with Crippen molar-refractivity contribution in [3.05, 3.63) is 64.8 Å². The molecule has 3 rings (SSSR count). The lowest BCUT2D eigenvalue weighted by molar-refractivity contribution is -0.137. The number of rotatable bonds is 6. The maximum atomic E-state index is 12.5. The van der Waals surface area contributed by atoms with Crippen molar-refractivity contribution < 1.29 is 14.3 Å². The number of nitrogens with one attached hydrogen (secondary N) is 1. The lowest BCUT2D eigenvalue weighted by Crippen LogP contribution is -2.31. The van der Waals surface area contributed by atoms with E-state index in [4.69, 9.17) is 16.3 Å². The highest BCUT2D eigenvalue weighted by molar-refractivity contribution is 6.33. The summed E-state index contributed by atoms with van der Waals surface area (Å²) in [6.45, 7) is 3.36. The van der Waals surface area contributed by atoms with Crippen molar-refractivity contribution >= 4 is 35.4 Å². The maximum absolute atomic E-state index is 12.5. The highest BCUT2D eigenvalue weighted by Gasteiger charge is 2.27. The number of amides is 1. The molecule has 1 aromatic carbocycles. The summed E-state index contributed by atoms with van der Waals surface area (Å²) in [6.07, 6.45) is 5.40. The van der Waals surface area contributed by atoms with E-state index in [1.54, 1.807) is 25.3 Å². The van der Waals surface area contributed by atoms with E-state index in [-0.39, 0.29) is 11.9 Å². The summed E-state index contributed by atoms with van der Waals surface area (Å²) >= 11 is 6.32. The molecular weight excluding hydrogens is 378 g/mol. The number of anilines is 1. The van der Waals surface area contributed by atoms with Crippen molar-refractivity contribution in [2.45, 2.75) is 19.4 Å². The summed E-state index contributed by atoms with van der Waals surface area (Å²) in [5, 5.41) is 3.76. The van der Waals surface area contributed by atoms with Gasteiger partial charge in [-0.1, -0.05) is 29.8 Å². The van der Waals surface area contributed by atoms with Crippen molar-refractivity contribution in [1.29, 1.82) is 0 Å². The number of carbonyl (C=O) groups excluding carboxylic acids is 2. The molecule has 1 fully saturated rings. The van der Waals surface area contributed by atoms with Crippen LogP contribution in [0, 0.1) is 0 Å². The monoisotopic (exact) mass is 399 g/mol. The smallest absolute Gasteiger partial charge is 0.330 e. The molecule has 0 bridgehead atoms. The van der Waals surface area contributed by atoms with Gasteiger partial charge in [-0.2, -0.15) is 0 Å². The van der Waals surface area contributed by atoms with Crippen LogP contribution in [0.4, 0.5) is 5.82 Å². The SMILES string of the molecule is CCOC(=O)/C=C/c1cnc(N[C@@H]2CCN(C(=O)c3ccccc3)C2)c(Cl)c1. The summed E-state index contributed by atoms with van der Waals surface area (Å²) in [5.41, 5.74) is 1.40. The molecule has 2 heterocycles. The molecule has 6 nitrogen and oxygen atoms in total. The van der Waals surface area contributed by atoms with E-state index in [1.165, 1.54) is 6.08 Å². The Kier molecular flexibility index (Phi) is 6.66. The molecule has 1 saturated heterocycles. The van der Waals surface area contributed by atoms with E-state index in [1.807, 2.05) is 35.2 Å². The highest BCUT2D eigenvalue weighted by Crippen LogP contribution is 2.24. The van der Waals surface area contributed by atoms with E-state index in [0.717, 1.165) is 6.42 Å². The Hall–Kier alpha value is -2.86. The van der Waals surface area contributed by atoms with E-state index < -0.39 is 5.97 Å². The summed E-state index contributed by atoms with van der Waals surface area (Å²) < 4.78 is 4.84. The number of hydrogen-bond acceptors (Lipinski definition) is 5. The largest absolute Gasteiger partial charge is 0.463 e. The van der Waals surface area contributed by atoms with Crippen LogP contribution < -0.4 is 5.32 Å². The van der Waals surface area contributed by atoms with Crippen LogP contribution in [0.2, 0.25) is 5.02 Å². The molecule has 0 radical (unpaired) electrons. The average molecular weight is 400 g/mol. The molecular formula is C21H22ClN3O3. The van der Waals surface area contributed by atoms with Crippen LogP contribution >= 0.6 is 11.6 Å². The van der Waals surface area contributed by atoms with E-state index in [2.05, 4.69) is 10.3 Å². The zero-order chi connectivity index (χ0) is 19.9. The fourth-order valence-corrected chi connectivity index (χ4v) is 3.25. The Morgan fingerprint density at radius 3 is 2.86 bits per heavy atom. The number of benzene rings is 1. The van der Waals surface area contributed by atoms with Gasteiger partial charge in [0.1, 0.15) is 5.82 Å². The molecule has 0 aliphatic carbocycles. The number of halogens is 1. The number of hydrogen-bond donors (Lipinski definition) is 1. The fourth-order valence-electron chi connectivity index (χ4n) is 3.02. The van der Waals surface area contributed by atoms with Crippen molar-refractivity contribution in [2.75, 3.05) is 25.0 Å². The molecule has 7 heteroatoms. The third-order valence-corrected chi connectivity index (χ3v) is 4.69. The minimum atomic E-state index is -0.407. The Morgan fingerprint density at radius 1 is 1.36 bits per heavy atom. The van der Waals surface area contributed by atoms with Crippen LogP contribution in [-0.4, -0.2) is 47.5 Å². The molecule has 1 N–H and O–H groups in total. The first-order chi connectivity index (χ1) is 13.6. The molecule has 28 heavy (non-hydrogen) atoms. The molecule has 1 aliphatic rings. The second-order valence-electron chi connectivity index (χ2n) is 6.43. The van der Waals surface area contributed by atoms with Crippen LogP contribution in [0.1, 0.15) is 29.3 Å². The second-order valence-corrected chi connectivity index (χ2v) is 6.84. The molecule has 0 spiro atoms. The molecule has 1 aromatic heterocycles. The highest BCUT2D eigenvalue weighted by atomic mass is 35.5. The van der Waals surface area contributed by atoms with Gasteiger partial charge in [-0.15, -0.1) is 0 Å².